The Bertz CT molecular complexity index is 381. The molecular weight excluding hydrogens is 203 g/mol. The molecule has 0 amide bonds. The molecule has 0 atom stereocenters. The summed E-state index contributed by atoms with van der Waals surface area (Å²) in [6.07, 6.45) is -3.16. The summed E-state index contributed by atoms with van der Waals surface area (Å²) < 4.78 is 36.7. The summed E-state index contributed by atoms with van der Waals surface area (Å²) in [6, 6.07) is 0.344. The quantitative estimate of drug-likeness (QED) is 0.722. The van der Waals surface area contributed by atoms with Crippen LogP contribution in [0.5, 0.6) is 5.75 Å². The van der Waals surface area contributed by atoms with Crippen molar-refractivity contribution in [3.8, 4) is 5.75 Å². The van der Waals surface area contributed by atoms with Crippen molar-refractivity contribution < 1.29 is 28.2 Å². The molecule has 0 unspecified atom stereocenters. The van der Waals surface area contributed by atoms with E-state index in [1.54, 1.807) is 0 Å². The molecule has 4 nitrogen and oxygen atoms in total. The Morgan fingerprint density at radius 3 is 2.50 bits per heavy atom. The molecular formula is C7H4F3NO3. The second-order valence-electron chi connectivity index (χ2n) is 2.34. The minimum Gasteiger partial charge on any atom is -0.505 e. The lowest BCUT2D eigenvalue weighted by molar-refractivity contribution is 0.0683. The van der Waals surface area contributed by atoms with Gasteiger partial charge in [-0.1, -0.05) is 0 Å². The maximum Gasteiger partial charge on any atom is 0.358 e. The van der Waals surface area contributed by atoms with Gasteiger partial charge in [-0.15, -0.1) is 0 Å². The minimum absolute atomic E-state index is 0.344. The number of carboxylic acids is 1. The normalized spacial score (nSPS) is 10.6. The van der Waals surface area contributed by atoms with Crippen LogP contribution in [0.3, 0.4) is 0 Å². The Morgan fingerprint density at radius 2 is 2.07 bits per heavy atom. The third kappa shape index (κ3) is 1.76. The zero-order valence-corrected chi connectivity index (χ0v) is 6.54. The first-order chi connectivity index (χ1) is 6.43. The average molecular weight is 207 g/mol. The minimum atomic E-state index is -3.16. The highest BCUT2D eigenvalue weighted by molar-refractivity contribution is 5.88. The van der Waals surface area contributed by atoms with Gasteiger partial charge >= 0.3 is 5.97 Å². The van der Waals surface area contributed by atoms with Crippen molar-refractivity contribution in [2.24, 2.45) is 0 Å². The third-order valence-electron chi connectivity index (χ3n) is 1.42. The molecule has 0 fully saturated rings. The second-order valence-corrected chi connectivity index (χ2v) is 2.34. The number of hydrogen-bond acceptors (Lipinski definition) is 3. The van der Waals surface area contributed by atoms with Gasteiger partial charge in [0, 0.05) is 0 Å². The fraction of sp³-hybridized carbons (Fsp3) is 0.143. The van der Waals surface area contributed by atoms with Crippen LogP contribution in [0.15, 0.2) is 6.07 Å². The van der Waals surface area contributed by atoms with E-state index in [0.717, 1.165) is 0 Å². The van der Waals surface area contributed by atoms with Crippen LogP contribution in [0.2, 0.25) is 0 Å². The van der Waals surface area contributed by atoms with Crippen LogP contribution in [0, 0.1) is 5.95 Å². The summed E-state index contributed by atoms with van der Waals surface area (Å²) in [5.41, 5.74) is -2.13. The van der Waals surface area contributed by atoms with E-state index in [9.17, 15) is 18.0 Å². The fourth-order valence-electron chi connectivity index (χ4n) is 0.806. The number of nitrogens with zero attached hydrogens (tertiary/aromatic N) is 1. The van der Waals surface area contributed by atoms with Crippen molar-refractivity contribution in [1.82, 2.24) is 4.98 Å². The molecule has 0 saturated heterocycles. The Hall–Kier alpha value is -1.79. The summed E-state index contributed by atoms with van der Waals surface area (Å²) in [7, 11) is 0. The number of aromatic nitrogens is 1. The predicted molar refractivity (Wildman–Crippen MR) is 37.8 cm³/mol. The highest BCUT2D eigenvalue weighted by Gasteiger charge is 2.21. The number of aromatic carboxylic acids is 1. The lowest BCUT2D eigenvalue weighted by Crippen LogP contribution is -2.05. The van der Waals surface area contributed by atoms with Crippen LogP contribution in [0.25, 0.3) is 0 Å². The SMILES string of the molecule is O=C(O)c1nc(F)c(C(F)F)cc1O. The Kier molecular flexibility index (Phi) is 2.59. The van der Waals surface area contributed by atoms with Crippen LogP contribution < -0.4 is 0 Å². The maximum atomic E-state index is 12.7. The van der Waals surface area contributed by atoms with E-state index < -0.39 is 35.3 Å². The topological polar surface area (TPSA) is 70.4 Å². The van der Waals surface area contributed by atoms with Crippen molar-refractivity contribution in [2.75, 3.05) is 0 Å². The Morgan fingerprint density at radius 1 is 1.50 bits per heavy atom. The molecule has 0 bridgehead atoms. The van der Waals surface area contributed by atoms with E-state index in [1.807, 2.05) is 0 Å². The van der Waals surface area contributed by atoms with Gasteiger partial charge in [0.1, 0.15) is 5.75 Å². The average Bonchev–Trinajstić information content (AvgIpc) is 2.07. The number of halogens is 3. The maximum absolute atomic E-state index is 12.7. The van der Waals surface area contributed by atoms with Crippen molar-refractivity contribution in [2.45, 2.75) is 6.43 Å². The predicted octanol–water partition coefficient (Wildman–Crippen LogP) is 1.56. The summed E-state index contributed by atoms with van der Waals surface area (Å²) in [5.74, 6) is -4.29. The molecule has 76 valence electrons. The highest BCUT2D eigenvalue weighted by Crippen LogP contribution is 2.26. The molecule has 1 aromatic heterocycles. The van der Waals surface area contributed by atoms with Crippen LogP contribution in [-0.4, -0.2) is 21.2 Å². The fourth-order valence-corrected chi connectivity index (χ4v) is 0.806. The Balaban J connectivity index is 3.31. The molecule has 2 N–H and O–H groups in total. The number of carboxylic acid groups (broad SMARTS) is 1. The number of rotatable bonds is 2. The van der Waals surface area contributed by atoms with E-state index in [1.165, 1.54) is 0 Å². The van der Waals surface area contributed by atoms with Crippen molar-refractivity contribution in [3.05, 3.63) is 23.3 Å². The molecule has 0 radical (unpaired) electrons. The molecule has 7 heteroatoms. The molecule has 0 saturated carbocycles. The van der Waals surface area contributed by atoms with Gasteiger partial charge in [0.2, 0.25) is 5.95 Å². The highest BCUT2D eigenvalue weighted by atomic mass is 19.3. The number of carbonyl (C=O) groups is 1. The molecule has 1 aromatic rings. The lowest BCUT2D eigenvalue weighted by Gasteiger charge is -2.03. The number of aromatic hydroxyl groups is 1. The zero-order chi connectivity index (χ0) is 10.9. The van der Waals surface area contributed by atoms with Crippen LogP contribution in [-0.2, 0) is 0 Å². The van der Waals surface area contributed by atoms with Gasteiger partial charge in [0.15, 0.2) is 5.69 Å². The van der Waals surface area contributed by atoms with Crippen LogP contribution >= 0.6 is 0 Å². The van der Waals surface area contributed by atoms with Gasteiger partial charge < -0.3 is 10.2 Å². The van der Waals surface area contributed by atoms with Gasteiger partial charge in [0.25, 0.3) is 6.43 Å². The second kappa shape index (κ2) is 3.52. The molecule has 0 aliphatic heterocycles. The van der Waals surface area contributed by atoms with Gasteiger partial charge in [-0.25, -0.2) is 18.6 Å². The molecule has 0 aromatic carbocycles. The summed E-state index contributed by atoms with van der Waals surface area (Å²) in [6.45, 7) is 0. The molecule has 1 heterocycles. The standard InChI is InChI=1S/C7H4F3NO3/c8-5(9)2-1-3(12)4(7(13)14)11-6(2)10/h1,5,12H,(H,13,14). The van der Waals surface area contributed by atoms with Crippen molar-refractivity contribution in [1.29, 1.82) is 0 Å². The van der Waals surface area contributed by atoms with E-state index in [-0.39, 0.29) is 0 Å². The smallest absolute Gasteiger partial charge is 0.358 e. The van der Waals surface area contributed by atoms with E-state index in [4.69, 9.17) is 10.2 Å². The van der Waals surface area contributed by atoms with E-state index in [0.29, 0.717) is 6.07 Å². The summed E-state index contributed by atoms with van der Waals surface area (Å²) in [4.78, 5) is 13.0. The van der Waals surface area contributed by atoms with Crippen LogP contribution in [0.1, 0.15) is 22.5 Å². The van der Waals surface area contributed by atoms with Gasteiger partial charge in [-0.3, -0.25) is 0 Å². The summed E-state index contributed by atoms with van der Waals surface area (Å²) >= 11 is 0. The summed E-state index contributed by atoms with van der Waals surface area (Å²) in [5, 5.41) is 17.2. The van der Waals surface area contributed by atoms with E-state index >= 15 is 0 Å². The monoisotopic (exact) mass is 207 g/mol. The lowest BCUT2D eigenvalue weighted by atomic mass is 10.2. The molecule has 1 rings (SSSR count). The molecule has 14 heavy (non-hydrogen) atoms. The van der Waals surface area contributed by atoms with Crippen molar-refractivity contribution in [3.63, 3.8) is 0 Å². The molecule has 0 aliphatic rings. The first-order valence-electron chi connectivity index (χ1n) is 3.34. The zero-order valence-electron chi connectivity index (χ0n) is 6.54. The third-order valence-corrected chi connectivity index (χ3v) is 1.42. The number of pyridine rings is 1. The first-order valence-corrected chi connectivity index (χ1v) is 3.34. The first kappa shape index (κ1) is 10.3. The van der Waals surface area contributed by atoms with Crippen molar-refractivity contribution >= 4 is 5.97 Å². The molecule has 0 spiro atoms. The largest absolute Gasteiger partial charge is 0.505 e. The van der Waals surface area contributed by atoms with Gasteiger partial charge in [-0.2, -0.15) is 4.39 Å². The number of hydrogen-bond donors (Lipinski definition) is 2. The van der Waals surface area contributed by atoms with Gasteiger partial charge in [0.05, 0.1) is 5.56 Å². The van der Waals surface area contributed by atoms with Crippen LogP contribution in [0.4, 0.5) is 13.2 Å². The van der Waals surface area contributed by atoms with E-state index in [2.05, 4.69) is 4.98 Å². The van der Waals surface area contributed by atoms with Gasteiger partial charge in [-0.05, 0) is 6.07 Å². The number of alkyl halides is 2. The Labute approximate surface area is 75.6 Å². The molecule has 0 aliphatic carbocycles.